The van der Waals surface area contributed by atoms with E-state index in [9.17, 15) is 9.59 Å². The van der Waals surface area contributed by atoms with E-state index in [4.69, 9.17) is 0 Å². The van der Waals surface area contributed by atoms with Crippen LogP contribution in [0.25, 0.3) is 0 Å². The Labute approximate surface area is 65.9 Å². The Morgan fingerprint density at radius 1 is 1.67 bits per heavy atom. The molecule has 1 aliphatic rings. The summed E-state index contributed by atoms with van der Waals surface area (Å²) >= 11 is 2.06. The fraction of sp³-hybridized carbons (Fsp3) is 0.600. The van der Waals surface area contributed by atoms with Gasteiger partial charge in [0.15, 0.2) is 0 Å². The summed E-state index contributed by atoms with van der Waals surface area (Å²) in [6.45, 7) is 0. The van der Waals surface area contributed by atoms with Gasteiger partial charge in [0.25, 0.3) is 0 Å². The molecule has 0 N–H and O–H groups in total. The van der Waals surface area contributed by atoms with E-state index in [2.05, 4.69) is 27.3 Å². The molecular weight excluding hydrogens is 235 g/mol. The average molecular weight is 240 g/mol. The number of halogens is 1. The van der Waals surface area contributed by atoms with E-state index in [1.165, 1.54) is 0 Å². The first kappa shape index (κ1) is 6.98. The van der Waals surface area contributed by atoms with Gasteiger partial charge in [-0.2, -0.15) is 0 Å². The summed E-state index contributed by atoms with van der Waals surface area (Å²) < 4.78 is 4.95. The Kier molecular flexibility index (Phi) is 2.05. The lowest BCUT2D eigenvalue weighted by molar-refractivity contribution is -0.152. The fourth-order valence-corrected chi connectivity index (χ4v) is 1.31. The molecule has 3 nitrogen and oxygen atoms in total. The highest BCUT2D eigenvalue weighted by Crippen LogP contribution is 2.17. The first-order valence-corrected chi connectivity index (χ1v) is 4.07. The van der Waals surface area contributed by atoms with Crippen LogP contribution in [0.1, 0.15) is 6.42 Å². The van der Waals surface area contributed by atoms with Crippen LogP contribution in [0.15, 0.2) is 0 Å². The van der Waals surface area contributed by atoms with Gasteiger partial charge >= 0.3 is 11.9 Å². The van der Waals surface area contributed by atoms with Crippen molar-refractivity contribution in [3.05, 3.63) is 0 Å². The number of hydrogen-bond donors (Lipinski definition) is 0. The SMILES string of the molecule is O=C1CC(CI)C(=O)O1. The van der Waals surface area contributed by atoms with Crippen molar-refractivity contribution in [2.45, 2.75) is 6.42 Å². The molecule has 0 aromatic rings. The van der Waals surface area contributed by atoms with E-state index in [0.717, 1.165) is 0 Å². The van der Waals surface area contributed by atoms with Crippen molar-refractivity contribution in [2.75, 3.05) is 4.43 Å². The second kappa shape index (κ2) is 2.64. The first-order chi connectivity index (χ1) is 4.24. The van der Waals surface area contributed by atoms with Crippen molar-refractivity contribution in [2.24, 2.45) is 5.92 Å². The van der Waals surface area contributed by atoms with Gasteiger partial charge in [-0.1, -0.05) is 22.6 Å². The summed E-state index contributed by atoms with van der Waals surface area (Å²) in [4.78, 5) is 20.9. The van der Waals surface area contributed by atoms with Crippen LogP contribution in [-0.2, 0) is 14.3 Å². The Bertz CT molecular complexity index is 154. The van der Waals surface area contributed by atoms with Gasteiger partial charge in [0.2, 0.25) is 0 Å². The van der Waals surface area contributed by atoms with Crippen LogP contribution in [0.4, 0.5) is 0 Å². The van der Waals surface area contributed by atoms with E-state index in [1.54, 1.807) is 0 Å². The number of esters is 2. The Hall–Kier alpha value is -0.130. The van der Waals surface area contributed by atoms with Crippen LogP contribution in [-0.4, -0.2) is 16.4 Å². The zero-order chi connectivity index (χ0) is 6.85. The molecule has 1 heterocycles. The monoisotopic (exact) mass is 240 g/mol. The summed E-state index contributed by atoms with van der Waals surface area (Å²) in [7, 11) is 0. The molecule has 1 rings (SSSR count). The lowest BCUT2D eigenvalue weighted by atomic mass is 10.1. The van der Waals surface area contributed by atoms with Crippen molar-refractivity contribution >= 4 is 34.5 Å². The molecule has 0 amide bonds. The molecule has 0 aliphatic carbocycles. The van der Waals surface area contributed by atoms with Crippen LogP contribution < -0.4 is 0 Å². The van der Waals surface area contributed by atoms with E-state index in [0.29, 0.717) is 4.43 Å². The third-order valence-corrected chi connectivity index (χ3v) is 2.21. The first-order valence-electron chi connectivity index (χ1n) is 2.54. The quantitative estimate of drug-likeness (QED) is 0.290. The van der Waals surface area contributed by atoms with Gasteiger partial charge in [0.05, 0.1) is 12.3 Å². The van der Waals surface area contributed by atoms with Crippen molar-refractivity contribution in [1.29, 1.82) is 0 Å². The lowest BCUT2D eigenvalue weighted by Crippen LogP contribution is -2.07. The summed E-state index contributed by atoms with van der Waals surface area (Å²) in [5.41, 5.74) is 0. The third kappa shape index (κ3) is 1.41. The Morgan fingerprint density at radius 3 is 2.56 bits per heavy atom. The summed E-state index contributed by atoms with van der Waals surface area (Å²) in [6.07, 6.45) is 0.266. The molecule has 1 aliphatic heterocycles. The van der Waals surface area contributed by atoms with E-state index >= 15 is 0 Å². The lowest BCUT2D eigenvalue weighted by Gasteiger charge is -1.92. The minimum atomic E-state index is -0.387. The largest absolute Gasteiger partial charge is 0.393 e. The normalized spacial score (nSPS) is 26.6. The molecule has 0 spiro atoms. The predicted molar refractivity (Wildman–Crippen MR) is 38.1 cm³/mol. The molecule has 1 unspecified atom stereocenters. The number of ether oxygens (including phenoxy) is 1. The van der Waals surface area contributed by atoms with Gasteiger partial charge in [-0.25, -0.2) is 0 Å². The maximum atomic E-state index is 10.6. The van der Waals surface area contributed by atoms with Crippen LogP contribution in [0.2, 0.25) is 0 Å². The zero-order valence-electron chi connectivity index (χ0n) is 4.59. The number of carbonyl (C=O) groups excluding carboxylic acids is 2. The molecule has 1 fully saturated rings. The second-order valence-corrected chi connectivity index (χ2v) is 2.73. The number of alkyl halides is 1. The van der Waals surface area contributed by atoms with Crippen molar-refractivity contribution in [1.82, 2.24) is 0 Å². The van der Waals surface area contributed by atoms with E-state index < -0.39 is 0 Å². The van der Waals surface area contributed by atoms with Crippen LogP contribution in [0, 0.1) is 5.92 Å². The molecule has 9 heavy (non-hydrogen) atoms. The number of carbonyl (C=O) groups is 2. The van der Waals surface area contributed by atoms with E-state index in [-0.39, 0.29) is 24.3 Å². The third-order valence-electron chi connectivity index (χ3n) is 1.15. The molecule has 0 radical (unpaired) electrons. The minimum Gasteiger partial charge on any atom is -0.393 e. The minimum absolute atomic E-state index is 0.182. The van der Waals surface area contributed by atoms with Gasteiger partial charge in [-0.15, -0.1) is 0 Å². The molecule has 4 heteroatoms. The van der Waals surface area contributed by atoms with Gasteiger partial charge in [-0.05, 0) is 0 Å². The van der Waals surface area contributed by atoms with Gasteiger partial charge in [0, 0.05) is 4.43 Å². The maximum absolute atomic E-state index is 10.6. The topological polar surface area (TPSA) is 43.4 Å². The summed E-state index contributed by atoms with van der Waals surface area (Å²) in [6, 6.07) is 0. The van der Waals surface area contributed by atoms with Crippen LogP contribution in [0.3, 0.4) is 0 Å². The average Bonchev–Trinajstić information content (AvgIpc) is 2.10. The summed E-state index contributed by atoms with van der Waals surface area (Å²) in [5, 5.41) is 0. The van der Waals surface area contributed by atoms with Crippen molar-refractivity contribution in [3.8, 4) is 0 Å². The predicted octanol–water partition coefficient (Wildman–Crippen LogP) is 0.511. The van der Waals surface area contributed by atoms with Crippen molar-refractivity contribution < 1.29 is 14.3 Å². The molecular formula is C5H5IO3. The molecule has 1 saturated heterocycles. The molecule has 0 bridgehead atoms. The Balaban J connectivity index is 2.58. The van der Waals surface area contributed by atoms with Gasteiger partial charge in [0.1, 0.15) is 0 Å². The molecule has 50 valence electrons. The molecule has 0 aromatic carbocycles. The molecule has 1 atom stereocenters. The van der Waals surface area contributed by atoms with Gasteiger partial charge < -0.3 is 4.74 Å². The van der Waals surface area contributed by atoms with Crippen LogP contribution in [0.5, 0.6) is 0 Å². The number of rotatable bonds is 1. The number of hydrogen-bond acceptors (Lipinski definition) is 3. The fourth-order valence-electron chi connectivity index (χ4n) is 0.639. The maximum Gasteiger partial charge on any atom is 0.317 e. The smallest absolute Gasteiger partial charge is 0.317 e. The summed E-state index contributed by atoms with van der Waals surface area (Å²) in [5.74, 6) is -0.936. The zero-order valence-corrected chi connectivity index (χ0v) is 6.75. The Morgan fingerprint density at radius 2 is 2.33 bits per heavy atom. The second-order valence-electron chi connectivity index (χ2n) is 1.85. The number of cyclic esters (lactones) is 2. The van der Waals surface area contributed by atoms with Gasteiger partial charge in [-0.3, -0.25) is 9.59 Å². The van der Waals surface area contributed by atoms with Crippen molar-refractivity contribution in [3.63, 3.8) is 0 Å². The highest BCUT2D eigenvalue weighted by atomic mass is 127. The molecule has 0 aromatic heterocycles. The standard InChI is InChI=1S/C5H5IO3/c6-2-3-1-4(7)9-5(3)8/h3H,1-2H2. The molecule has 0 saturated carbocycles. The van der Waals surface area contributed by atoms with Crippen LogP contribution >= 0.6 is 22.6 Å². The highest BCUT2D eigenvalue weighted by molar-refractivity contribution is 14.1. The van der Waals surface area contributed by atoms with E-state index in [1.807, 2.05) is 0 Å². The highest BCUT2D eigenvalue weighted by Gasteiger charge is 2.31.